The number of benzene rings is 1. The quantitative estimate of drug-likeness (QED) is 0.550. The van der Waals surface area contributed by atoms with Gasteiger partial charge in [-0.15, -0.1) is 0 Å². The van der Waals surface area contributed by atoms with Crippen LogP contribution in [0.15, 0.2) is 12.1 Å². The van der Waals surface area contributed by atoms with Gasteiger partial charge in [-0.2, -0.15) is 13.2 Å². The minimum Gasteiger partial charge on any atom is -0.295 e. The number of hydrogen-bond donors (Lipinski definition) is 0. The zero-order valence-corrected chi connectivity index (χ0v) is 10.4. The van der Waals surface area contributed by atoms with E-state index in [1.54, 1.807) is 22.6 Å². The molecule has 15 heavy (non-hydrogen) atoms. The number of hydrogen-bond acceptors (Lipinski definition) is 1. The Morgan fingerprint density at radius 2 is 1.93 bits per heavy atom. The number of carbonyl (C=O) groups excluding carboxylic acids is 1. The van der Waals surface area contributed by atoms with E-state index in [9.17, 15) is 18.0 Å². The van der Waals surface area contributed by atoms with Crippen molar-refractivity contribution in [3.05, 3.63) is 31.9 Å². The smallest absolute Gasteiger partial charge is 0.295 e. The second-order valence-corrected chi connectivity index (χ2v) is 4.41. The van der Waals surface area contributed by atoms with E-state index in [4.69, 9.17) is 11.6 Å². The van der Waals surface area contributed by atoms with Gasteiger partial charge < -0.3 is 0 Å². The Kier molecular flexibility index (Phi) is 3.65. The normalized spacial score (nSPS) is 11.6. The van der Waals surface area contributed by atoms with Crippen molar-refractivity contribution in [3.8, 4) is 0 Å². The monoisotopic (exact) mass is 348 g/mol. The predicted molar refractivity (Wildman–Crippen MR) is 59.2 cm³/mol. The number of alkyl halides is 3. The molecule has 0 saturated carbocycles. The van der Waals surface area contributed by atoms with Gasteiger partial charge in [0, 0.05) is 9.13 Å². The van der Waals surface area contributed by atoms with Crippen molar-refractivity contribution >= 4 is 40.0 Å². The molecule has 0 fully saturated rings. The summed E-state index contributed by atoms with van der Waals surface area (Å²) in [7, 11) is 0. The van der Waals surface area contributed by atoms with Crippen molar-refractivity contribution in [2.24, 2.45) is 0 Å². The summed E-state index contributed by atoms with van der Waals surface area (Å²) in [5.74, 6) is -0.421. The van der Waals surface area contributed by atoms with E-state index in [1.807, 2.05) is 0 Å². The lowest BCUT2D eigenvalue weighted by atomic mass is 10.1. The minimum atomic E-state index is -4.54. The average Bonchev–Trinajstić information content (AvgIpc) is 2.06. The highest BCUT2D eigenvalue weighted by Gasteiger charge is 2.34. The first-order valence-corrected chi connectivity index (χ1v) is 5.26. The summed E-state index contributed by atoms with van der Waals surface area (Å²) in [6.07, 6.45) is -4.54. The van der Waals surface area contributed by atoms with Crippen molar-refractivity contribution in [2.75, 3.05) is 0 Å². The fraction of sp³-hybridized carbons (Fsp3) is 0.222. The second-order valence-electron chi connectivity index (χ2n) is 2.87. The van der Waals surface area contributed by atoms with Crippen LogP contribution in [0.3, 0.4) is 0 Å². The molecule has 1 aromatic rings. The van der Waals surface area contributed by atoms with E-state index in [0.29, 0.717) is 0 Å². The van der Waals surface area contributed by atoms with Gasteiger partial charge in [0.25, 0.3) is 0 Å². The maximum absolute atomic E-state index is 12.5. The van der Waals surface area contributed by atoms with Crippen LogP contribution in [0, 0.1) is 3.57 Å². The lowest BCUT2D eigenvalue weighted by Crippen LogP contribution is -2.09. The number of rotatable bonds is 1. The van der Waals surface area contributed by atoms with E-state index in [-0.39, 0.29) is 14.2 Å². The molecule has 0 saturated heterocycles. The van der Waals surface area contributed by atoms with Gasteiger partial charge in [0.05, 0.1) is 10.6 Å². The van der Waals surface area contributed by atoms with Crippen molar-refractivity contribution < 1.29 is 18.0 Å². The van der Waals surface area contributed by atoms with Crippen molar-refractivity contribution in [2.45, 2.75) is 13.1 Å². The van der Waals surface area contributed by atoms with Crippen molar-refractivity contribution in [3.63, 3.8) is 0 Å². The molecule has 0 aliphatic rings. The van der Waals surface area contributed by atoms with Crippen LogP contribution in [0.25, 0.3) is 0 Å². The van der Waals surface area contributed by atoms with Crippen LogP contribution in [0.1, 0.15) is 22.8 Å². The predicted octanol–water partition coefficient (Wildman–Crippen LogP) is 4.17. The molecule has 0 amide bonds. The van der Waals surface area contributed by atoms with Gasteiger partial charge in [0.2, 0.25) is 0 Å². The minimum absolute atomic E-state index is 0.0103. The summed E-state index contributed by atoms with van der Waals surface area (Å²) in [4.78, 5) is 11.0. The summed E-state index contributed by atoms with van der Waals surface area (Å²) in [6, 6.07) is 2.10. The largest absolute Gasteiger partial charge is 0.417 e. The number of Topliss-reactive ketones (excluding diaryl/α,β-unsaturated/α-hetero) is 1. The number of halogens is 5. The van der Waals surface area contributed by atoms with Gasteiger partial charge in [-0.3, -0.25) is 4.79 Å². The maximum atomic E-state index is 12.5. The second kappa shape index (κ2) is 4.29. The fourth-order valence-corrected chi connectivity index (χ4v) is 1.84. The van der Waals surface area contributed by atoms with Gasteiger partial charge in [0.1, 0.15) is 0 Å². The Bertz CT molecular complexity index is 415. The Balaban J connectivity index is 3.45. The van der Waals surface area contributed by atoms with E-state index < -0.39 is 17.5 Å². The van der Waals surface area contributed by atoms with Crippen molar-refractivity contribution in [1.82, 2.24) is 0 Å². The molecule has 0 atom stereocenters. The summed E-state index contributed by atoms with van der Waals surface area (Å²) in [5.41, 5.74) is -0.961. The van der Waals surface area contributed by atoms with Crippen LogP contribution >= 0.6 is 34.2 Å². The van der Waals surface area contributed by atoms with Gasteiger partial charge in [0.15, 0.2) is 5.78 Å². The molecule has 1 rings (SSSR count). The van der Waals surface area contributed by atoms with Gasteiger partial charge in [-0.05, 0) is 41.6 Å². The first-order valence-electron chi connectivity index (χ1n) is 3.80. The third-order valence-electron chi connectivity index (χ3n) is 1.74. The van der Waals surface area contributed by atoms with Crippen LogP contribution in [0.5, 0.6) is 0 Å². The Morgan fingerprint density at radius 1 is 1.40 bits per heavy atom. The molecule has 0 radical (unpaired) electrons. The standard InChI is InChI=1S/C9H5ClF3IO/c1-4(15)5-2-6(9(11,12)13)8(10)7(14)3-5/h2-3H,1H3. The molecule has 6 heteroatoms. The number of carbonyl (C=O) groups is 1. The highest BCUT2D eigenvalue weighted by atomic mass is 127. The molecule has 1 aromatic carbocycles. The molecular weight excluding hydrogens is 343 g/mol. The Labute approximate surface area is 103 Å². The molecular formula is C9H5ClF3IO. The highest BCUT2D eigenvalue weighted by molar-refractivity contribution is 14.1. The van der Waals surface area contributed by atoms with E-state index in [1.165, 1.54) is 13.0 Å². The van der Waals surface area contributed by atoms with E-state index in [2.05, 4.69) is 0 Å². The van der Waals surface area contributed by atoms with E-state index in [0.717, 1.165) is 6.07 Å². The average molecular weight is 348 g/mol. The summed E-state index contributed by atoms with van der Waals surface area (Å²) in [6.45, 7) is 1.21. The molecule has 0 bridgehead atoms. The first-order chi connectivity index (χ1) is 6.73. The van der Waals surface area contributed by atoms with Crippen LogP contribution in [-0.2, 0) is 6.18 Å². The molecule has 0 unspecified atom stereocenters. The zero-order valence-electron chi connectivity index (χ0n) is 7.45. The van der Waals surface area contributed by atoms with Crippen LogP contribution in [0.4, 0.5) is 13.2 Å². The molecule has 82 valence electrons. The molecule has 0 aliphatic carbocycles. The van der Waals surface area contributed by atoms with E-state index >= 15 is 0 Å². The number of ketones is 1. The lowest BCUT2D eigenvalue weighted by molar-refractivity contribution is -0.137. The van der Waals surface area contributed by atoms with Crippen LogP contribution in [0.2, 0.25) is 5.02 Å². The topological polar surface area (TPSA) is 17.1 Å². The summed E-state index contributed by atoms with van der Waals surface area (Å²) < 4.78 is 37.6. The van der Waals surface area contributed by atoms with Gasteiger partial charge in [-0.1, -0.05) is 11.6 Å². The zero-order chi connectivity index (χ0) is 11.8. The van der Waals surface area contributed by atoms with Crippen LogP contribution < -0.4 is 0 Å². The third kappa shape index (κ3) is 2.84. The molecule has 0 N–H and O–H groups in total. The molecule has 1 nitrogen and oxygen atoms in total. The highest BCUT2D eigenvalue weighted by Crippen LogP contribution is 2.37. The van der Waals surface area contributed by atoms with Crippen molar-refractivity contribution in [1.29, 1.82) is 0 Å². The Morgan fingerprint density at radius 3 is 2.33 bits per heavy atom. The van der Waals surface area contributed by atoms with Gasteiger partial charge in [-0.25, -0.2) is 0 Å². The Hall–Kier alpha value is -0.300. The summed E-state index contributed by atoms with van der Waals surface area (Å²) >= 11 is 7.18. The molecule has 0 aromatic heterocycles. The fourth-order valence-electron chi connectivity index (χ4n) is 0.999. The van der Waals surface area contributed by atoms with Gasteiger partial charge >= 0.3 is 6.18 Å². The molecule has 0 spiro atoms. The summed E-state index contributed by atoms with van der Waals surface area (Å²) in [5, 5.41) is -0.367. The molecule has 0 aliphatic heterocycles. The lowest BCUT2D eigenvalue weighted by Gasteiger charge is -2.11. The third-order valence-corrected chi connectivity index (χ3v) is 3.32. The first kappa shape index (κ1) is 12.8. The molecule has 0 heterocycles. The van der Waals surface area contributed by atoms with Crippen LogP contribution in [-0.4, -0.2) is 5.78 Å². The SMILES string of the molecule is CC(=O)c1cc(I)c(Cl)c(C(F)(F)F)c1. The maximum Gasteiger partial charge on any atom is 0.417 e.